The third kappa shape index (κ3) is 3.35. The summed E-state index contributed by atoms with van der Waals surface area (Å²) in [5.74, 6) is 0.651. The predicted octanol–water partition coefficient (Wildman–Crippen LogP) is 3.46. The van der Waals surface area contributed by atoms with Crippen molar-refractivity contribution in [1.82, 2.24) is 0 Å². The van der Waals surface area contributed by atoms with Gasteiger partial charge in [-0.2, -0.15) is 0 Å². The lowest BCUT2D eigenvalue weighted by Gasteiger charge is -2.10. The topological polar surface area (TPSA) is 85.3 Å². The Labute approximate surface area is 133 Å². The molecule has 0 atom stereocenters. The van der Waals surface area contributed by atoms with Crippen LogP contribution >= 0.6 is 23.2 Å². The van der Waals surface area contributed by atoms with E-state index in [9.17, 15) is 8.42 Å². The lowest BCUT2D eigenvalue weighted by molar-refractivity contribution is 0.479. The highest BCUT2D eigenvalue weighted by Crippen LogP contribution is 2.31. The van der Waals surface area contributed by atoms with Crippen molar-refractivity contribution in [3.05, 3.63) is 45.3 Å². The van der Waals surface area contributed by atoms with Crippen LogP contribution in [0.25, 0.3) is 0 Å². The lowest BCUT2D eigenvalue weighted by atomic mass is 10.2. The number of nitrogens with two attached hydrogens (primary N) is 1. The summed E-state index contributed by atoms with van der Waals surface area (Å²) in [4.78, 5) is 0.0238. The molecule has 0 saturated carbocycles. The van der Waals surface area contributed by atoms with E-state index in [0.717, 1.165) is 5.56 Å². The van der Waals surface area contributed by atoms with Gasteiger partial charge < -0.3 is 10.2 Å². The third-order valence-corrected chi connectivity index (χ3v) is 5.10. The zero-order valence-corrected chi connectivity index (χ0v) is 13.7. The van der Waals surface area contributed by atoms with Crippen LogP contribution in [0.3, 0.4) is 0 Å². The van der Waals surface area contributed by atoms with E-state index in [4.69, 9.17) is 33.4 Å². The van der Waals surface area contributed by atoms with Crippen LogP contribution in [0.5, 0.6) is 0 Å². The zero-order chi connectivity index (χ0) is 15.8. The maximum absolute atomic E-state index is 12.4. The average Bonchev–Trinajstić information content (AvgIpc) is 2.78. The molecule has 8 heteroatoms. The summed E-state index contributed by atoms with van der Waals surface area (Å²) < 4.78 is 32.4. The normalized spacial score (nSPS) is 11.7. The van der Waals surface area contributed by atoms with Crippen molar-refractivity contribution in [3.63, 3.8) is 0 Å². The summed E-state index contributed by atoms with van der Waals surface area (Å²) >= 11 is 12.0. The van der Waals surface area contributed by atoms with Gasteiger partial charge in [0, 0.05) is 11.1 Å². The Bertz CT molecular complexity index is 785. The molecule has 3 N–H and O–H groups in total. The monoisotopic (exact) mass is 348 g/mol. The van der Waals surface area contributed by atoms with E-state index in [0.29, 0.717) is 10.8 Å². The van der Waals surface area contributed by atoms with Gasteiger partial charge in [-0.25, -0.2) is 8.42 Å². The standard InChI is InChI=1S/C13H14Cl2N2O3S/c1-7-3-11(15)12(5-10(7)14)17-21(18,19)13-4-9(6-16)20-8(13)2/h3-5,17H,6,16H2,1-2H3. The molecule has 0 aliphatic carbocycles. The first kappa shape index (κ1) is 16.2. The molecule has 0 unspecified atom stereocenters. The van der Waals surface area contributed by atoms with Gasteiger partial charge in [-0.15, -0.1) is 0 Å². The number of benzene rings is 1. The molecule has 114 valence electrons. The molecule has 0 saturated heterocycles. The summed E-state index contributed by atoms with van der Waals surface area (Å²) in [7, 11) is -3.83. The third-order valence-electron chi connectivity index (χ3n) is 2.91. The minimum Gasteiger partial charge on any atom is -0.464 e. The van der Waals surface area contributed by atoms with Gasteiger partial charge in [0.25, 0.3) is 10.0 Å². The highest BCUT2D eigenvalue weighted by atomic mass is 35.5. The summed E-state index contributed by atoms with van der Waals surface area (Å²) in [5.41, 5.74) is 6.41. The quantitative estimate of drug-likeness (QED) is 0.885. The number of hydrogen-bond donors (Lipinski definition) is 2. The van der Waals surface area contributed by atoms with Crippen LogP contribution in [-0.4, -0.2) is 8.42 Å². The summed E-state index contributed by atoms with van der Waals surface area (Å²) in [5, 5.41) is 0.685. The van der Waals surface area contributed by atoms with Gasteiger partial charge in [-0.05, 0) is 31.5 Å². The molecule has 2 aromatic rings. The number of halogens is 2. The molecule has 0 fully saturated rings. The summed E-state index contributed by atoms with van der Waals surface area (Å²) in [6.45, 7) is 3.45. The molecular formula is C13H14Cl2N2O3S. The van der Waals surface area contributed by atoms with Gasteiger partial charge in [-0.1, -0.05) is 23.2 Å². The molecule has 0 amide bonds. The van der Waals surface area contributed by atoms with E-state index in [1.165, 1.54) is 12.1 Å². The van der Waals surface area contributed by atoms with E-state index < -0.39 is 10.0 Å². The Morgan fingerprint density at radius 2 is 1.86 bits per heavy atom. The van der Waals surface area contributed by atoms with Gasteiger partial charge in [0.2, 0.25) is 0 Å². The minimum absolute atomic E-state index is 0.0238. The van der Waals surface area contributed by atoms with Crippen LogP contribution in [0.4, 0.5) is 5.69 Å². The van der Waals surface area contributed by atoms with Crippen molar-refractivity contribution in [3.8, 4) is 0 Å². The Morgan fingerprint density at radius 1 is 1.19 bits per heavy atom. The van der Waals surface area contributed by atoms with Crippen molar-refractivity contribution >= 4 is 38.9 Å². The van der Waals surface area contributed by atoms with Crippen LogP contribution in [0.1, 0.15) is 17.1 Å². The number of furan rings is 1. The van der Waals surface area contributed by atoms with E-state index in [1.54, 1.807) is 19.9 Å². The van der Waals surface area contributed by atoms with Crippen LogP contribution in [0.2, 0.25) is 10.0 Å². The van der Waals surface area contributed by atoms with Crippen molar-refractivity contribution in [2.45, 2.75) is 25.3 Å². The Kier molecular flexibility index (Phi) is 4.53. The molecule has 1 aromatic heterocycles. The van der Waals surface area contributed by atoms with Gasteiger partial charge in [-0.3, -0.25) is 4.72 Å². The SMILES string of the molecule is Cc1cc(Cl)c(NS(=O)(=O)c2cc(CN)oc2C)cc1Cl. The highest BCUT2D eigenvalue weighted by Gasteiger charge is 2.22. The van der Waals surface area contributed by atoms with Crippen molar-refractivity contribution in [2.75, 3.05) is 4.72 Å². The first-order valence-corrected chi connectivity index (χ1v) is 8.26. The molecule has 5 nitrogen and oxygen atoms in total. The Hall–Kier alpha value is -1.21. The smallest absolute Gasteiger partial charge is 0.265 e. The summed E-state index contributed by atoms with van der Waals surface area (Å²) in [6.07, 6.45) is 0. The fourth-order valence-electron chi connectivity index (χ4n) is 1.82. The van der Waals surface area contributed by atoms with E-state index in [2.05, 4.69) is 4.72 Å². The molecule has 0 bridgehead atoms. The Balaban J connectivity index is 2.42. The second-order valence-corrected chi connectivity index (χ2v) is 6.99. The molecule has 2 rings (SSSR count). The van der Waals surface area contributed by atoms with Gasteiger partial charge >= 0.3 is 0 Å². The van der Waals surface area contributed by atoms with Gasteiger partial charge in [0.05, 0.1) is 17.3 Å². The van der Waals surface area contributed by atoms with Crippen molar-refractivity contribution in [2.24, 2.45) is 5.73 Å². The van der Waals surface area contributed by atoms with Crippen molar-refractivity contribution < 1.29 is 12.8 Å². The minimum atomic E-state index is -3.83. The molecular weight excluding hydrogens is 335 g/mol. The van der Waals surface area contributed by atoms with Crippen LogP contribution in [0, 0.1) is 13.8 Å². The fraction of sp³-hybridized carbons (Fsp3) is 0.231. The van der Waals surface area contributed by atoms with Crippen molar-refractivity contribution in [1.29, 1.82) is 0 Å². The largest absolute Gasteiger partial charge is 0.464 e. The summed E-state index contributed by atoms with van der Waals surface area (Å²) in [6, 6.07) is 4.45. The molecule has 1 heterocycles. The van der Waals surface area contributed by atoms with Crippen LogP contribution < -0.4 is 10.5 Å². The lowest BCUT2D eigenvalue weighted by Crippen LogP contribution is -2.13. The fourth-order valence-corrected chi connectivity index (χ4v) is 3.58. The molecule has 1 aromatic carbocycles. The second kappa shape index (κ2) is 5.88. The second-order valence-electron chi connectivity index (χ2n) is 4.52. The van der Waals surface area contributed by atoms with E-state index >= 15 is 0 Å². The van der Waals surface area contributed by atoms with E-state index in [1.807, 2.05) is 0 Å². The molecule has 21 heavy (non-hydrogen) atoms. The van der Waals surface area contributed by atoms with Crippen LogP contribution in [0.15, 0.2) is 27.5 Å². The zero-order valence-electron chi connectivity index (χ0n) is 11.4. The number of anilines is 1. The predicted molar refractivity (Wildman–Crippen MR) is 83.3 cm³/mol. The number of rotatable bonds is 4. The maximum atomic E-state index is 12.4. The number of aryl methyl sites for hydroxylation is 2. The average molecular weight is 349 g/mol. The van der Waals surface area contributed by atoms with Gasteiger partial charge in [0.15, 0.2) is 0 Å². The first-order valence-electron chi connectivity index (χ1n) is 6.02. The Morgan fingerprint density at radius 3 is 2.43 bits per heavy atom. The molecule has 0 spiro atoms. The number of nitrogens with one attached hydrogen (secondary N) is 1. The maximum Gasteiger partial charge on any atom is 0.265 e. The highest BCUT2D eigenvalue weighted by molar-refractivity contribution is 7.92. The van der Waals surface area contributed by atoms with E-state index in [-0.39, 0.29) is 27.9 Å². The van der Waals surface area contributed by atoms with Crippen LogP contribution in [-0.2, 0) is 16.6 Å². The molecule has 0 radical (unpaired) electrons. The first-order chi connectivity index (χ1) is 9.74. The molecule has 0 aliphatic rings. The number of hydrogen-bond acceptors (Lipinski definition) is 4. The van der Waals surface area contributed by atoms with Gasteiger partial charge in [0.1, 0.15) is 16.4 Å². The molecule has 0 aliphatic heterocycles. The number of sulfonamides is 1.